The van der Waals surface area contributed by atoms with Crippen LogP contribution in [-0.2, 0) is 19.2 Å². The highest BCUT2D eigenvalue weighted by Gasteiger charge is 2.57. The lowest BCUT2D eigenvalue weighted by molar-refractivity contribution is -0.154. The molecule has 3 aliphatic rings. The second-order valence-corrected chi connectivity index (χ2v) is 10.1. The molecule has 0 saturated carbocycles. The van der Waals surface area contributed by atoms with E-state index >= 15 is 0 Å². The Bertz CT molecular complexity index is 1130. The molecule has 4 heterocycles. The monoisotopic (exact) mass is 557 g/mol. The molecule has 3 saturated heterocycles. The van der Waals surface area contributed by atoms with Gasteiger partial charge in [0.2, 0.25) is 23.4 Å². The van der Waals surface area contributed by atoms with E-state index in [1.807, 2.05) is 0 Å². The third-order valence-corrected chi connectivity index (χ3v) is 7.90. The Balaban J connectivity index is 1.39. The summed E-state index contributed by atoms with van der Waals surface area (Å²) >= 11 is 1.95. The van der Waals surface area contributed by atoms with Gasteiger partial charge in [0.15, 0.2) is 5.13 Å². The van der Waals surface area contributed by atoms with E-state index in [1.54, 1.807) is 4.90 Å². The maximum Gasteiger partial charge on any atom is 0.317 e. The number of halogens is 1. The standard InChI is InChI=1S/C18H24FN11O5S2/c19-8-35-27-9(11-25-17(21)37-28-11)12(31)24-10-13(32)30-6-18(15(33)34,7-36-14(10)30)5-23-26-16(20)29-3-1-22-2-4-29/h5,10,14,22H,1-4,6-8H2,(H2,20,26)(H,24,31)(H,33,34)(H2,21,25,28)/t10?,14-,18?/m1/s1. The van der Waals surface area contributed by atoms with Gasteiger partial charge >= 0.3 is 5.97 Å². The average Bonchev–Trinajstić information content (AvgIpc) is 3.33. The van der Waals surface area contributed by atoms with Crippen molar-refractivity contribution in [2.24, 2.45) is 15.7 Å². The van der Waals surface area contributed by atoms with E-state index in [9.17, 15) is 23.9 Å². The number of anilines is 1. The number of carboxylic acids is 1. The summed E-state index contributed by atoms with van der Waals surface area (Å²) in [6.45, 7) is 1.22. The number of fused-ring (bicyclic) bond motifs is 1. The number of nitrogens with zero attached hydrogens (tertiary/aromatic N) is 6. The normalized spacial score (nSPS) is 25.9. The number of thioether (sulfide) groups is 1. The maximum absolute atomic E-state index is 12.8. The quantitative estimate of drug-likeness (QED) is 0.0856. The Morgan fingerprint density at radius 2 is 2.19 bits per heavy atom. The van der Waals surface area contributed by atoms with Crippen molar-refractivity contribution in [3.63, 3.8) is 0 Å². The third kappa shape index (κ3) is 5.57. The van der Waals surface area contributed by atoms with Crippen LogP contribution in [0.1, 0.15) is 5.82 Å². The molecule has 1 aromatic rings. The fourth-order valence-electron chi connectivity index (χ4n) is 3.85. The number of hydrogen-bond donors (Lipinski definition) is 6. The Labute approximate surface area is 217 Å². The van der Waals surface area contributed by atoms with Crippen molar-refractivity contribution >= 4 is 64.1 Å². The van der Waals surface area contributed by atoms with Crippen LogP contribution in [0.4, 0.5) is 9.52 Å². The van der Waals surface area contributed by atoms with Crippen LogP contribution < -0.4 is 21.8 Å². The number of piperazine rings is 1. The van der Waals surface area contributed by atoms with E-state index < -0.39 is 47.2 Å². The lowest BCUT2D eigenvalue weighted by Gasteiger charge is -2.52. The number of rotatable bonds is 8. The Morgan fingerprint density at radius 1 is 1.43 bits per heavy atom. The van der Waals surface area contributed by atoms with Gasteiger partial charge in [-0.2, -0.15) is 14.5 Å². The molecule has 0 spiro atoms. The number of hydrazone groups is 1. The number of nitrogen functional groups attached to an aromatic ring is 1. The predicted molar refractivity (Wildman–Crippen MR) is 132 cm³/mol. The molecule has 1 aromatic heterocycles. The van der Waals surface area contributed by atoms with E-state index in [4.69, 9.17) is 11.1 Å². The van der Waals surface area contributed by atoms with Crippen molar-refractivity contribution in [3.8, 4) is 0 Å². The van der Waals surface area contributed by atoms with Crippen LogP contribution in [0.15, 0.2) is 10.3 Å². The van der Waals surface area contributed by atoms with Gasteiger partial charge in [-0.25, -0.2) is 9.82 Å². The van der Waals surface area contributed by atoms with E-state index in [1.165, 1.54) is 11.1 Å². The van der Waals surface area contributed by atoms with Gasteiger partial charge in [-0.1, -0.05) is 5.16 Å². The van der Waals surface area contributed by atoms with Crippen molar-refractivity contribution in [3.05, 3.63) is 5.82 Å². The molecule has 0 aromatic carbocycles. The molecule has 3 atom stereocenters. The molecule has 2 amide bonds. The highest BCUT2D eigenvalue weighted by atomic mass is 32.2. The van der Waals surface area contributed by atoms with Gasteiger partial charge < -0.3 is 36.1 Å². The van der Waals surface area contributed by atoms with Crippen LogP contribution in [0, 0.1) is 10.8 Å². The zero-order chi connectivity index (χ0) is 26.6. The van der Waals surface area contributed by atoms with E-state index in [0.717, 1.165) is 36.4 Å². The van der Waals surface area contributed by atoms with Gasteiger partial charge in [0.1, 0.15) is 16.8 Å². The second-order valence-electron chi connectivity index (χ2n) is 8.17. The van der Waals surface area contributed by atoms with Gasteiger partial charge in [0.25, 0.3) is 12.8 Å². The topological polar surface area (TPSA) is 224 Å². The highest BCUT2D eigenvalue weighted by molar-refractivity contribution is 8.00. The molecule has 4 rings (SSSR count). The molecule has 19 heteroatoms. The summed E-state index contributed by atoms with van der Waals surface area (Å²) in [6, 6.07) is -0.980. The summed E-state index contributed by atoms with van der Waals surface area (Å²) in [5.41, 5.74) is 6.14. The molecular formula is C18H24FN11O5S2. The second kappa shape index (κ2) is 11.2. The number of hydrogen-bond acceptors (Lipinski definition) is 13. The number of oxime groups is 1. The van der Waals surface area contributed by atoms with Crippen molar-refractivity contribution in [2.75, 3.05) is 51.1 Å². The number of aromatic nitrogens is 2. The van der Waals surface area contributed by atoms with Crippen LogP contribution in [0.25, 0.3) is 0 Å². The van der Waals surface area contributed by atoms with Crippen LogP contribution in [0.3, 0.4) is 0 Å². The molecule has 3 fully saturated rings. The number of nitrogens with two attached hydrogens (primary N) is 1. The first kappa shape index (κ1) is 26.5. The molecule has 0 aliphatic carbocycles. The molecule has 3 aliphatic heterocycles. The summed E-state index contributed by atoms with van der Waals surface area (Å²) in [4.78, 5) is 49.0. The number of alkyl halides is 1. The summed E-state index contributed by atoms with van der Waals surface area (Å²) in [7, 11) is 0. The van der Waals surface area contributed by atoms with Crippen LogP contribution in [-0.4, -0.2) is 117 Å². The molecule has 0 bridgehead atoms. The minimum atomic E-state index is -1.49. The zero-order valence-corrected chi connectivity index (χ0v) is 20.9. The molecule has 0 radical (unpaired) electrons. The fourth-order valence-corrected chi connectivity index (χ4v) is 5.77. The molecular weight excluding hydrogens is 533 g/mol. The van der Waals surface area contributed by atoms with Gasteiger partial charge in [0, 0.05) is 56.2 Å². The molecule has 2 unspecified atom stereocenters. The Hall–Kier alpha value is -3.58. The number of nitrogens with one attached hydrogen (secondary N) is 4. The number of carbonyl (C=O) groups excluding carboxylic acids is 2. The maximum atomic E-state index is 12.8. The summed E-state index contributed by atoms with van der Waals surface area (Å²) in [6.07, 6.45) is 1.20. The highest BCUT2D eigenvalue weighted by Crippen LogP contribution is 2.41. The van der Waals surface area contributed by atoms with E-state index in [0.29, 0.717) is 13.1 Å². The summed E-state index contributed by atoms with van der Waals surface area (Å²) in [5, 5.41) is 30.5. The van der Waals surface area contributed by atoms with Crippen molar-refractivity contribution in [1.29, 1.82) is 5.41 Å². The molecule has 37 heavy (non-hydrogen) atoms. The summed E-state index contributed by atoms with van der Waals surface area (Å²) in [5.74, 6) is -2.64. The number of carbonyl (C=O) groups is 3. The Morgan fingerprint density at radius 3 is 2.84 bits per heavy atom. The number of β-lactam (4-membered cyclic amide) rings is 1. The largest absolute Gasteiger partial charge is 0.480 e. The number of amides is 2. The van der Waals surface area contributed by atoms with Crippen LogP contribution in [0.5, 0.6) is 0 Å². The minimum Gasteiger partial charge on any atom is -0.480 e. The van der Waals surface area contributed by atoms with Crippen LogP contribution >= 0.6 is 23.3 Å². The first-order chi connectivity index (χ1) is 17.8. The lowest BCUT2D eigenvalue weighted by Crippen LogP contribution is -2.74. The lowest BCUT2D eigenvalue weighted by atomic mass is 9.88. The zero-order valence-electron chi connectivity index (χ0n) is 19.2. The van der Waals surface area contributed by atoms with E-state index in [2.05, 4.69) is 40.5 Å². The fraction of sp³-hybridized carbons (Fsp3) is 0.556. The molecule has 16 nitrogen and oxygen atoms in total. The minimum absolute atomic E-state index is 0.0491. The van der Waals surface area contributed by atoms with Gasteiger partial charge in [0.05, 0.1) is 0 Å². The number of carboxylic acid groups (broad SMARTS) is 1. The summed E-state index contributed by atoms with van der Waals surface area (Å²) < 4.78 is 16.3. The number of guanidine groups is 1. The molecule has 200 valence electrons. The SMILES string of the molecule is N=C(NN=CC1(C(=O)O)CS[C@@H]2C(NC(=O)C(=NOCF)c3nsc(N)n3)C(=O)N2C1)N1CCNCC1. The van der Waals surface area contributed by atoms with Gasteiger partial charge in [-0.15, -0.1) is 11.8 Å². The number of aliphatic carboxylic acids is 1. The first-order valence-electron chi connectivity index (χ1n) is 10.9. The van der Waals surface area contributed by atoms with E-state index in [-0.39, 0.29) is 29.2 Å². The van der Waals surface area contributed by atoms with Crippen molar-refractivity contribution < 1.29 is 28.7 Å². The Kier molecular flexibility index (Phi) is 8.03. The predicted octanol–water partition coefficient (Wildman–Crippen LogP) is -2.35. The molecule has 7 N–H and O–H groups in total. The van der Waals surface area contributed by atoms with Crippen molar-refractivity contribution in [2.45, 2.75) is 11.4 Å². The van der Waals surface area contributed by atoms with Gasteiger partial charge in [-0.3, -0.25) is 19.8 Å². The third-order valence-electron chi connectivity index (χ3n) is 5.81. The first-order valence-corrected chi connectivity index (χ1v) is 12.7. The average molecular weight is 558 g/mol. The smallest absolute Gasteiger partial charge is 0.317 e. The van der Waals surface area contributed by atoms with Crippen LogP contribution in [0.2, 0.25) is 0 Å². The van der Waals surface area contributed by atoms with Crippen molar-refractivity contribution in [1.82, 2.24) is 35.2 Å². The van der Waals surface area contributed by atoms with Gasteiger partial charge in [-0.05, 0) is 0 Å².